The van der Waals surface area contributed by atoms with Gasteiger partial charge in [-0.1, -0.05) is 41.5 Å². The Kier molecular flexibility index (Phi) is 7.30. The summed E-state index contributed by atoms with van der Waals surface area (Å²) in [6.45, 7) is 13.5. The number of carbonyl (C=O) groups excluding carboxylic acids is 1. The van der Waals surface area contributed by atoms with Crippen molar-refractivity contribution >= 4 is 11.8 Å². The second kappa shape index (κ2) is 6.66. The smallest absolute Gasteiger partial charge is 0.303 e. The van der Waals surface area contributed by atoms with Crippen LogP contribution in [-0.2, 0) is 9.59 Å². The Morgan fingerprint density at radius 2 is 1.19 bits per heavy atom. The Hall–Kier alpha value is -0.860. The molecule has 0 radical (unpaired) electrons. The second-order valence-electron chi connectivity index (χ2n) is 6.57. The first kappa shape index (κ1) is 17.5. The summed E-state index contributed by atoms with van der Waals surface area (Å²) in [6.07, 6.45) is 0.931. The maximum atomic E-state index is 10.5. The molecule has 96 valence electrons. The van der Waals surface area contributed by atoms with E-state index in [1.54, 1.807) is 6.92 Å². The van der Waals surface area contributed by atoms with Gasteiger partial charge in [0.15, 0.2) is 0 Å². The van der Waals surface area contributed by atoms with E-state index >= 15 is 0 Å². The molecule has 0 amide bonds. The lowest BCUT2D eigenvalue weighted by Gasteiger charge is -2.14. The van der Waals surface area contributed by atoms with Crippen molar-refractivity contribution in [1.29, 1.82) is 0 Å². The van der Waals surface area contributed by atoms with E-state index in [4.69, 9.17) is 5.11 Å². The SMILES string of the molecule is CC(=O)CC(C)(C)C.CC(C)(C)CC(=O)O. The predicted octanol–water partition coefficient (Wildman–Crippen LogP) is 3.52. The Bertz CT molecular complexity index is 203. The minimum absolute atomic E-state index is 0.0775. The number of ketones is 1. The van der Waals surface area contributed by atoms with Crippen LogP contribution in [-0.4, -0.2) is 16.9 Å². The van der Waals surface area contributed by atoms with Crippen molar-refractivity contribution in [2.24, 2.45) is 10.8 Å². The van der Waals surface area contributed by atoms with E-state index in [1.807, 2.05) is 20.8 Å². The third-order valence-corrected chi connectivity index (χ3v) is 1.46. The molecule has 0 saturated carbocycles. The van der Waals surface area contributed by atoms with Gasteiger partial charge < -0.3 is 9.90 Å². The molecule has 0 aromatic heterocycles. The summed E-state index contributed by atoms with van der Waals surface area (Å²) in [4.78, 5) is 20.5. The molecular weight excluding hydrogens is 204 g/mol. The summed E-state index contributed by atoms with van der Waals surface area (Å²) in [5.41, 5.74) is 0.0949. The van der Waals surface area contributed by atoms with Crippen molar-refractivity contribution in [3.63, 3.8) is 0 Å². The number of carboxylic acid groups (broad SMARTS) is 1. The van der Waals surface area contributed by atoms with Crippen LogP contribution >= 0.6 is 0 Å². The van der Waals surface area contributed by atoms with E-state index in [-0.39, 0.29) is 23.0 Å². The number of Topliss-reactive ketones (excluding diaryl/α,β-unsaturated/α-hetero) is 1. The van der Waals surface area contributed by atoms with Crippen molar-refractivity contribution in [3.05, 3.63) is 0 Å². The predicted molar refractivity (Wildman–Crippen MR) is 66.5 cm³/mol. The van der Waals surface area contributed by atoms with Crippen molar-refractivity contribution in [2.45, 2.75) is 61.3 Å². The fourth-order valence-corrected chi connectivity index (χ4v) is 1.20. The Morgan fingerprint density at radius 1 is 0.875 bits per heavy atom. The normalized spacial score (nSPS) is 11.4. The van der Waals surface area contributed by atoms with E-state index in [0.29, 0.717) is 6.42 Å². The summed E-state index contributed by atoms with van der Waals surface area (Å²) in [6, 6.07) is 0. The second-order valence-corrected chi connectivity index (χ2v) is 6.57. The highest BCUT2D eigenvalue weighted by molar-refractivity contribution is 5.76. The molecule has 0 aliphatic heterocycles. The van der Waals surface area contributed by atoms with E-state index in [0.717, 1.165) is 0 Å². The van der Waals surface area contributed by atoms with E-state index in [9.17, 15) is 9.59 Å². The highest BCUT2D eigenvalue weighted by atomic mass is 16.4. The number of carboxylic acids is 1. The molecule has 0 unspecified atom stereocenters. The monoisotopic (exact) mass is 230 g/mol. The highest BCUT2D eigenvalue weighted by Crippen LogP contribution is 2.18. The molecule has 0 aromatic carbocycles. The first-order valence-corrected chi connectivity index (χ1v) is 5.55. The molecule has 3 nitrogen and oxygen atoms in total. The summed E-state index contributed by atoms with van der Waals surface area (Å²) >= 11 is 0. The molecule has 0 fully saturated rings. The molecule has 0 heterocycles. The fourth-order valence-electron chi connectivity index (χ4n) is 1.20. The number of aliphatic carboxylic acids is 1. The van der Waals surface area contributed by atoms with Gasteiger partial charge in [-0.3, -0.25) is 4.79 Å². The van der Waals surface area contributed by atoms with Crippen molar-refractivity contribution in [1.82, 2.24) is 0 Å². The maximum absolute atomic E-state index is 10.5. The van der Waals surface area contributed by atoms with Crippen LogP contribution in [0.1, 0.15) is 61.3 Å². The van der Waals surface area contributed by atoms with Gasteiger partial charge >= 0.3 is 5.97 Å². The van der Waals surface area contributed by atoms with E-state index in [2.05, 4.69) is 20.8 Å². The van der Waals surface area contributed by atoms with Crippen LogP contribution in [0.2, 0.25) is 0 Å². The lowest BCUT2D eigenvalue weighted by molar-refractivity contribution is -0.139. The van der Waals surface area contributed by atoms with Gasteiger partial charge in [-0.15, -0.1) is 0 Å². The minimum Gasteiger partial charge on any atom is -0.481 e. The minimum atomic E-state index is -0.725. The summed E-state index contributed by atoms with van der Waals surface area (Å²) in [7, 11) is 0. The third kappa shape index (κ3) is 23.2. The van der Waals surface area contributed by atoms with Gasteiger partial charge in [0.1, 0.15) is 5.78 Å². The molecule has 1 N–H and O–H groups in total. The molecular formula is C13H26O3. The largest absolute Gasteiger partial charge is 0.481 e. The van der Waals surface area contributed by atoms with Crippen molar-refractivity contribution < 1.29 is 14.7 Å². The zero-order valence-electron chi connectivity index (χ0n) is 11.7. The summed E-state index contributed by atoms with van der Waals surface area (Å²) in [5, 5.41) is 8.25. The molecule has 0 aromatic rings. The number of carbonyl (C=O) groups is 2. The van der Waals surface area contributed by atoms with E-state index in [1.165, 1.54) is 0 Å². The Labute approximate surface area is 99.2 Å². The van der Waals surface area contributed by atoms with Gasteiger partial charge in [-0.2, -0.15) is 0 Å². The van der Waals surface area contributed by atoms with Gasteiger partial charge in [0.2, 0.25) is 0 Å². The molecule has 0 aliphatic carbocycles. The van der Waals surface area contributed by atoms with Crippen molar-refractivity contribution in [3.8, 4) is 0 Å². The zero-order chi connectivity index (χ0) is 13.6. The van der Waals surface area contributed by atoms with Crippen LogP contribution in [0.5, 0.6) is 0 Å². The van der Waals surface area contributed by atoms with Crippen molar-refractivity contribution in [2.75, 3.05) is 0 Å². The summed E-state index contributed by atoms with van der Waals surface area (Å²) in [5.74, 6) is -0.449. The number of rotatable bonds is 2. The Morgan fingerprint density at radius 3 is 1.19 bits per heavy atom. The highest BCUT2D eigenvalue weighted by Gasteiger charge is 2.14. The van der Waals surface area contributed by atoms with Gasteiger partial charge in [0.25, 0.3) is 0 Å². The maximum Gasteiger partial charge on any atom is 0.303 e. The van der Waals surface area contributed by atoms with E-state index < -0.39 is 5.97 Å². The van der Waals surface area contributed by atoms with Crippen LogP contribution in [0.4, 0.5) is 0 Å². The van der Waals surface area contributed by atoms with Gasteiger partial charge in [-0.25, -0.2) is 0 Å². The lowest BCUT2D eigenvalue weighted by Crippen LogP contribution is -2.11. The molecule has 16 heavy (non-hydrogen) atoms. The molecule has 0 rings (SSSR count). The number of hydrogen-bond donors (Lipinski definition) is 1. The number of hydrogen-bond acceptors (Lipinski definition) is 2. The van der Waals surface area contributed by atoms with Gasteiger partial charge in [-0.05, 0) is 17.8 Å². The molecule has 0 atom stereocenters. The van der Waals surface area contributed by atoms with Gasteiger partial charge in [0, 0.05) is 6.42 Å². The zero-order valence-corrected chi connectivity index (χ0v) is 11.7. The molecule has 3 heteroatoms. The topological polar surface area (TPSA) is 54.4 Å². The Balaban J connectivity index is 0. The molecule has 0 spiro atoms. The van der Waals surface area contributed by atoms with Crippen LogP contribution in [0.15, 0.2) is 0 Å². The van der Waals surface area contributed by atoms with Gasteiger partial charge in [0.05, 0.1) is 6.42 Å². The molecule has 0 aliphatic rings. The summed E-state index contributed by atoms with van der Waals surface area (Å²) < 4.78 is 0. The van der Waals surface area contributed by atoms with Crippen LogP contribution < -0.4 is 0 Å². The standard InChI is InChI=1S/C7H14O.C6H12O2/c1-6(8)5-7(2,3)4;1-6(2,3)4-5(7)8/h5H2,1-4H3;4H2,1-3H3,(H,7,8). The van der Waals surface area contributed by atoms with Crippen LogP contribution in [0.25, 0.3) is 0 Å². The first-order valence-electron chi connectivity index (χ1n) is 5.55. The quantitative estimate of drug-likeness (QED) is 0.789. The lowest BCUT2D eigenvalue weighted by atomic mass is 9.91. The first-order chi connectivity index (χ1) is 6.83. The fraction of sp³-hybridized carbons (Fsp3) is 0.846. The molecule has 0 saturated heterocycles. The van der Waals surface area contributed by atoms with Crippen LogP contribution in [0.3, 0.4) is 0 Å². The van der Waals surface area contributed by atoms with Crippen LogP contribution in [0, 0.1) is 10.8 Å². The average molecular weight is 230 g/mol. The average Bonchev–Trinajstić information content (AvgIpc) is 1.72. The molecule has 0 bridgehead atoms. The third-order valence-electron chi connectivity index (χ3n) is 1.46.